The van der Waals surface area contributed by atoms with Gasteiger partial charge in [-0.05, 0) is 65.7 Å². The summed E-state index contributed by atoms with van der Waals surface area (Å²) >= 11 is 3.49. The second-order valence-electron chi connectivity index (χ2n) is 7.77. The second-order valence-corrected chi connectivity index (χ2v) is 8.57. The van der Waals surface area contributed by atoms with Crippen LogP contribution in [0.3, 0.4) is 0 Å². The maximum absolute atomic E-state index is 12.3. The Hall–Kier alpha value is -1.29. The van der Waals surface area contributed by atoms with E-state index in [1.54, 1.807) is 0 Å². The van der Waals surface area contributed by atoms with E-state index in [1.807, 2.05) is 41.5 Å². The Morgan fingerprint density at radius 2 is 1.83 bits per heavy atom. The summed E-state index contributed by atoms with van der Waals surface area (Å²) in [4.78, 5) is 12.3. The Labute approximate surface area is 153 Å². The molecule has 1 aromatic rings. The molecule has 0 saturated carbocycles. The number of benzene rings is 1. The molecule has 0 fully saturated rings. The van der Waals surface area contributed by atoms with Crippen molar-refractivity contribution in [3.05, 3.63) is 28.3 Å². The van der Waals surface area contributed by atoms with Gasteiger partial charge in [0.2, 0.25) is 0 Å². The van der Waals surface area contributed by atoms with E-state index in [9.17, 15) is 4.79 Å². The summed E-state index contributed by atoms with van der Waals surface area (Å²) in [7, 11) is 0. The van der Waals surface area contributed by atoms with Gasteiger partial charge in [-0.25, -0.2) is 0 Å². The summed E-state index contributed by atoms with van der Waals surface area (Å²) in [5, 5.41) is 0.876. The fraction of sp³-hybridized carbons (Fsp3) is 0.550. The van der Waals surface area contributed by atoms with Gasteiger partial charge in [0.15, 0.2) is 0 Å². The zero-order valence-electron chi connectivity index (χ0n) is 15.7. The average Bonchev–Trinajstić information content (AvgIpc) is 2.48. The predicted octanol–water partition coefficient (Wildman–Crippen LogP) is 5.51. The first-order valence-corrected chi connectivity index (χ1v) is 9.42. The van der Waals surface area contributed by atoms with Gasteiger partial charge in [-0.1, -0.05) is 22.0 Å². The SMILES string of the molecule is Cc1c(C)c2c(c(C)c1OC(=O)C(C)(C)C)C=CC(C)(CCBr)O2. The molecule has 0 spiro atoms. The molecule has 0 aliphatic carbocycles. The number of rotatable bonds is 3. The zero-order chi connectivity index (χ0) is 18.3. The van der Waals surface area contributed by atoms with Crippen molar-refractivity contribution in [1.29, 1.82) is 0 Å². The van der Waals surface area contributed by atoms with Crippen LogP contribution in [-0.4, -0.2) is 16.9 Å². The molecule has 1 aromatic carbocycles. The van der Waals surface area contributed by atoms with E-state index in [1.165, 1.54) is 0 Å². The van der Waals surface area contributed by atoms with Gasteiger partial charge in [0.1, 0.15) is 17.1 Å². The fourth-order valence-corrected chi connectivity index (χ4v) is 3.48. The second kappa shape index (κ2) is 6.55. The molecule has 1 aliphatic rings. The normalized spacial score (nSPS) is 19.7. The summed E-state index contributed by atoms with van der Waals surface area (Å²) < 4.78 is 12.1. The van der Waals surface area contributed by atoms with Crippen LogP contribution < -0.4 is 9.47 Å². The number of carbonyl (C=O) groups is 1. The van der Waals surface area contributed by atoms with E-state index in [4.69, 9.17) is 9.47 Å². The Bertz CT molecular complexity index is 698. The first-order valence-electron chi connectivity index (χ1n) is 8.30. The molecule has 2 rings (SSSR count). The number of carbonyl (C=O) groups excluding carboxylic acids is 1. The Kier molecular flexibility index (Phi) is 5.19. The molecule has 0 saturated heterocycles. The van der Waals surface area contributed by atoms with Gasteiger partial charge < -0.3 is 9.47 Å². The molecular formula is C20H27BrO3. The van der Waals surface area contributed by atoms with Gasteiger partial charge in [-0.3, -0.25) is 4.79 Å². The molecule has 0 bridgehead atoms. The average molecular weight is 395 g/mol. The van der Waals surface area contributed by atoms with Crippen LogP contribution in [-0.2, 0) is 4.79 Å². The van der Waals surface area contributed by atoms with E-state index in [0.717, 1.165) is 39.8 Å². The highest BCUT2D eigenvalue weighted by atomic mass is 79.9. The zero-order valence-corrected chi connectivity index (χ0v) is 17.3. The van der Waals surface area contributed by atoms with Crippen LogP contribution in [0.2, 0.25) is 0 Å². The van der Waals surface area contributed by atoms with Crippen molar-refractivity contribution in [2.75, 3.05) is 5.33 Å². The first-order chi connectivity index (χ1) is 11.0. The summed E-state index contributed by atoms with van der Waals surface area (Å²) in [6, 6.07) is 0. The van der Waals surface area contributed by atoms with E-state index >= 15 is 0 Å². The van der Waals surface area contributed by atoms with Crippen molar-refractivity contribution >= 4 is 28.0 Å². The summed E-state index contributed by atoms with van der Waals surface area (Å²) in [6.45, 7) is 13.7. The Balaban J connectivity index is 2.51. The monoisotopic (exact) mass is 394 g/mol. The van der Waals surface area contributed by atoms with Crippen LogP contribution in [0.25, 0.3) is 6.08 Å². The Morgan fingerprint density at radius 3 is 2.38 bits per heavy atom. The van der Waals surface area contributed by atoms with Gasteiger partial charge in [0.25, 0.3) is 0 Å². The summed E-state index contributed by atoms with van der Waals surface area (Å²) in [6.07, 6.45) is 5.08. The van der Waals surface area contributed by atoms with Crippen molar-refractivity contribution < 1.29 is 14.3 Å². The van der Waals surface area contributed by atoms with Gasteiger partial charge in [0.05, 0.1) is 5.41 Å². The van der Waals surface area contributed by atoms with Crippen molar-refractivity contribution in [2.24, 2.45) is 5.41 Å². The minimum atomic E-state index is -0.538. The molecule has 0 aromatic heterocycles. The third kappa shape index (κ3) is 3.53. The largest absolute Gasteiger partial charge is 0.483 e. The smallest absolute Gasteiger partial charge is 0.316 e. The van der Waals surface area contributed by atoms with E-state index in [0.29, 0.717) is 5.75 Å². The van der Waals surface area contributed by atoms with Crippen LogP contribution >= 0.6 is 15.9 Å². The van der Waals surface area contributed by atoms with Gasteiger partial charge >= 0.3 is 5.97 Å². The molecule has 24 heavy (non-hydrogen) atoms. The number of hydrogen-bond donors (Lipinski definition) is 0. The van der Waals surface area contributed by atoms with Gasteiger partial charge in [0, 0.05) is 22.9 Å². The van der Waals surface area contributed by atoms with Crippen molar-refractivity contribution in [3.8, 4) is 11.5 Å². The van der Waals surface area contributed by atoms with Crippen LogP contribution in [0.1, 0.15) is 56.4 Å². The van der Waals surface area contributed by atoms with Gasteiger partial charge in [-0.2, -0.15) is 0 Å². The minimum Gasteiger partial charge on any atom is -0.483 e. The highest BCUT2D eigenvalue weighted by Gasteiger charge is 2.32. The molecule has 1 unspecified atom stereocenters. The highest BCUT2D eigenvalue weighted by Crippen LogP contribution is 2.43. The Morgan fingerprint density at radius 1 is 1.21 bits per heavy atom. The van der Waals surface area contributed by atoms with Crippen molar-refractivity contribution in [1.82, 2.24) is 0 Å². The van der Waals surface area contributed by atoms with Crippen molar-refractivity contribution in [3.63, 3.8) is 0 Å². The predicted molar refractivity (Wildman–Crippen MR) is 102 cm³/mol. The fourth-order valence-electron chi connectivity index (χ4n) is 2.70. The maximum Gasteiger partial charge on any atom is 0.316 e. The molecule has 0 amide bonds. The van der Waals surface area contributed by atoms with Crippen molar-refractivity contribution in [2.45, 2.75) is 60.5 Å². The molecule has 1 aliphatic heterocycles. The molecular weight excluding hydrogens is 368 g/mol. The third-order valence-electron chi connectivity index (χ3n) is 4.57. The quantitative estimate of drug-likeness (QED) is 0.385. The maximum atomic E-state index is 12.3. The van der Waals surface area contributed by atoms with Gasteiger partial charge in [-0.15, -0.1) is 0 Å². The molecule has 3 nitrogen and oxygen atoms in total. The van der Waals surface area contributed by atoms with Crippen LogP contribution in [0.4, 0.5) is 0 Å². The van der Waals surface area contributed by atoms with E-state index in [-0.39, 0.29) is 11.6 Å². The lowest BCUT2D eigenvalue weighted by molar-refractivity contribution is -0.143. The standard InChI is InChI=1S/C20H27BrO3/c1-12-13(2)17-15(8-9-20(7,24-17)10-11-21)14(3)16(12)23-18(22)19(4,5)6/h8-9H,10-11H2,1-7H3. The topological polar surface area (TPSA) is 35.5 Å². The highest BCUT2D eigenvalue weighted by molar-refractivity contribution is 9.09. The number of esters is 1. The van der Waals surface area contributed by atoms with Crippen LogP contribution in [0.5, 0.6) is 11.5 Å². The van der Waals surface area contributed by atoms with Crippen LogP contribution in [0.15, 0.2) is 6.08 Å². The lowest BCUT2D eigenvalue weighted by Gasteiger charge is -2.34. The van der Waals surface area contributed by atoms with E-state index < -0.39 is 5.41 Å². The lowest BCUT2D eigenvalue weighted by Crippen LogP contribution is -2.33. The summed E-state index contributed by atoms with van der Waals surface area (Å²) in [5.74, 6) is 1.33. The number of fused-ring (bicyclic) bond motifs is 1. The summed E-state index contributed by atoms with van der Waals surface area (Å²) in [5.41, 5.74) is 3.08. The molecule has 1 atom stereocenters. The number of hydrogen-bond acceptors (Lipinski definition) is 3. The van der Waals surface area contributed by atoms with Crippen LogP contribution in [0, 0.1) is 26.2 Å². The number of ether oxygens (including phenoxy) is 2. The van der Waals surface area contributed by atoms with E-state index in [2.05, 4.69) is 35.0 Å². The molecule has 0 radical (unpaired) electrons. The molecule has 132 valence electrons. The number of halogens is 1. The molecule has 1 heterocycles. The first kappa shape index (κ1) is 19.0. The number of alkyl halides is 1. The molecule has 0 N–H and O–H groups in total. The lowest BCUT2D eigenvalue weighted by atomic mass is 9.91. The third-order valence-corrected chi connectivity index (χ3v) is 4.97. The minimum absolute atomic E-state index is 0.224. The molecule has 4 heteroatoms.